The summed E-state index contributed by atoms with van der Waals surface area (Å²) in [5, 5.41) is 0. The van der Waals surface area contributed by atoms with Crippen molar-refractivity contribution in [1.29, 1.82) is 0 Å². The molecule has 2 N–H and O–H groups in total. The quantitative estimate of drug-likeness (QED) is 0.750. The van der Waals surface area contributed by atoms with Crippen LogP contribution in [0.3, 0.4) is 0 Å². The van der Waals surface area contributed by atoms with Crippen LogP contribution in [0.15, 0.2) is 0 Å². The molecular weight excluding hydrogens is 196 g/mol. The Balaban J connectivity index is 2.62. The van der Waals surface area contributed by atoms with Crippen LogP contribution in [0.1, 0.15) is 59.3 Å². The SMILES string of the molecule is CN(C1CCCCCC1)C(CN)C(C)(C)C. The van der Waals surface area contributed by atoms with E-state index < -0.39 is 0 Å². The summed E-state index contributed by atoms with van der Waals surface area (Å²) < 4.78 is 0. The number of likely N-dealkylation sites (N-methyl/N-ethyl adjacent to an activating group) is 1. The van der Waals surface area contributed by atoms with Gasteiger partial charge < -0.3 is 5.73 Å². The van der Waals surface area contributed by atoms with Crippen molar-refractivity contribution in [2.45, 2.75) is 71.4 Å². The van der Waals surface area contributed by atoms with Crippen molar-refractivity contribution in [3.8, 4) is 0 Å². The molecule has 1 rings (SSSR count). The third-order valence-corrected chi connectivity index (χ3v) is 4.12. The molecule has 2 nitrogen and oxygen atoms in total. The normalized spacial score (nSPS) is 22.1. The van der Waals surface area contributed by atoms with Gasteiger partial charge >= 0.3 is 0 Å². The molecule has 1 atom stereocenters. The van der Waals surface area contributed by atoms with Gasteiger partial charge in [0, 0.05) is 18.6 Å². The van der Waals surface area contributed by atoms with Crippen molar-refractivity contribution >= 4 is 0 Å². The predicted octanol–water partition coefficient (Wildman–Crippen LogP) is 3.01. The molecule has 96 valence electrons. The molecule has 1 aliphatic rings. The summed E-state index contributed by atoms with van der Waals surface area (Å²) in [5.41, 5.74) is 6.25. The Hall–Kier alpha value is -0.0800. The molecule has 1 unspecified atom stereocenters. The highest BCUT2D eigenvalue weighted by Crippen LogP contribution is 2.28. The molecular formula is C14H30N2. The van der Waals surface area contributed by atoms with E-state index in [4.69, 9.17) is 5.73 Å². The molecule has 0 heterocycles. The van der Waals surface area contributed by atoms with Gasteiger partial charge in [0.2, 0.25) is 0 Å². The van der Waals surface area contributed by atoms with Crippen LogP contribution < -0.4 is 5.73 Å². The van der Waals surface area contributed by atoms with Gasteiger partial charge in [0.05, 0.1) is 0 Å². The Bertz CT molecular complexity index is 187. The first-order chi connectivity index (χ1) is 7.46. The third-order valence-electron chi connectivity index (χ3n) is 4.12. The average molecular weight is 226 g/mol. The fourth-order valence-electron chi connectivity index (χ4n) is 3.05. The van der Waals surface area contributed by atoms with Gasteiger partial charge in [-0.25, -0.2) is 0 Å². The Labute approximate surface area is 102 Å². The summed E-state index contributed by atoms with van der Waals surface area (Å²) in [5.74, 6) is 0. The molecule has 1 aliphatic carbocycles. The van der Waals surface area contributed by atoms with Crippen molar-refractivity contribution in [2.24, 2.45) is 11.1 Å². The number of nitrogens with two attached hydrogens (primary N) is 1. The zero-order valence-electron chi connectivity index (χ0n) is 11.6. The summed E-state index contributed by atoms with van der Waals surface area (Å²) in [6.07, 6.45) is 8.37. The molecule has 0 aromatic heterocycles. The first kappa shape index (κ1) is 14.0. The second-order valence-corrected chi connectivity index (χ2v) is 6.43. The van der Waals surface area contributed by atoms with E-state index in [1.54, 1.807) is 0 Å². The Morgan fingerprint density at radius 3 is 2.00 bits per heavy atom. The van der Waals surface area contributed by atoms with E-state index in [9.17, 15) is 0 Å². The lowest BCUT2D eigenvalue weighted by Gasteiger charge is -2.41. The molecule has 1 fully saturated rings. The monoisotopic (exact) mass is 226 g/mol. The lowest BCUT2D eigenvalue weighted by atomic mass is 9.84. The Morgan fingerprint density at radius 2 is 1.62 bits per heavy atom. The molecule has 0 spiro atoms. The minimum absolute atomic E-state index is 0.288. The number of nitrogens with zero attached hydrogens (tertiary/aromatic N) is 1. The molecule has 0 aromatic rings. The molecule has 0 aliphatic heterocycles. The largest absolute Gasteiger partial charge is 0.329 e. The lowest BCUT2D eigenvalue weighted by molar-refractivity contribution is 0.0821. The van der Waals surface area contributed by atoms with E-state index in [1.165, 1.54) is 38.5 Å². The number of hydrogen-bond acceptors (Lipinski definition) is 2. The van der Waals surface area contributed by atoms with Crippen molar-refractivity contribution < 1.29 is 0 Å². The van der Waals surface area contributed by atoms with E-state index in [1.807, 2.05) is 0 Å². The summed E-state index contributed by atoms with van der Waals surface area (Å²) in [6.45, 7) is 7.68. The van der Waals surface area contributed by atoms with E-state index in [0.717, 1.165) is 12.6 Å². The maximum atomic E-state index is 5.96. The summed E-state index contributed by atoms with van der Waals surface area (Å²) in [6, 6.07) is 1.27. The van der Waals surface area contributed by atoms with Gasteiger partial charge in [-0.05, 0) is 25.3 Å². The van der Waals surface area contributed by atoms with Crippen LogP contribution in [-0.2, 0) is 0 Å². The second-order valence-electron chi connectivity index (χ2n) is 6.43. The maximum absolute atomic E-state index is 5.96. The fraction of sp³-hybridized carbons (Fsp3) is 1.00. The minimum atomic E-state index is 0.288. The highest BCUT2D eigenvalue weighted by molar-refractivity contribution is 4.86. The number of rotatable bonds is 3. The van der Waals surface area contributed by atoms with Gasteiger partial charge in [0.25, 0.3) is 0 Å². The lowest BCUT2D eigenvalue weighted by Crippen LogP contribution is -2.50. The zero-order chi connectivity index (χ0) is 12.2. The topological polar surface area (TPSA) is 29.3 Å². The summed E-state index contributed by atoms with van der Waals surface area (Å²) >= 11 is 0. The number of hydrogen-bond donors (Lipinski definition) is 1. The van der Waals surface area contributed by atoms with Gasteiger partial charge in [-0.15, -0.1) is 0 Å². The van der Waals surface area contributed by atoms with Crippen LogP contribution in [0.4, 0.5) is 0 Å². The van der Waals surface area contributed by atoms with E-state index in [-0.39, 0.29) is 5.41 Å². The fourth-order valence-corrected chi connectivity index (χ4v) is 3.05. The van der Waals surface area contributed by atoms with Gasteiger partial charge in [-0.1, -0.05) is 46.5 Å². The molecule has 0 amide bonds. The van der Waals surface area contributed by atoms with Crippen LogP contribution in [0.5, 0.6) is 0 Å². The third kappa shape index (κ3) is 3.74. The highest BCUT2D eigenvalue weighted by atomic mass is 15.2. The molecule has 16 heavy (non-hydrogen) atoms. The molecule has 0 bridgehead atoms. The van der Waals surface area contributed by atoms with Crippen molar-refractivity contribution in [3.63, 3.8) is 0 Å². The van der Waals surface area contributed by atoms with Crippen LogP contribution in [-0.4, -0.2) is 30.6 Å². The molecule has 0 aromatic carbocycles. The zero-order valence-corrected chi connectivity index (χ0v) is 11.6. The summed E-state index contributed by atoms with van der Waals surface area (Å²) in [4.78, 5) is 2.56. The first-order valence-corrected chi connectivity index (χ1v) is 6.89. The molecule has 0 radical (unpaired) electrons. The van der Waals surface area contributed by atoms with Crippen LogP contribution >= 0.6 is 0 Å². The van der Waals surface area contributed by atoms with Gasteiger partial charge in [0.15, 0.2) is 0 Å². The Morgan fingerprint density at radius 1 is 1.12 bits per heavy atom. The maximum Gasteiger partial charge on any atom is 0.0266 e. The van der Waals surface area contributed by atoms with Crippen LogP contribution in [0.25, 0.3) is 0 Å². The van der Waals surface area contributed by atoms with Crippen molar-refractivity contribution in [1.82, 2.24) is 4.90 Å². The smallest absolute Gasteiger partial charge is 0.0266 e. The standard InChI is InChI=1S/C14H30N2/c1-14(2,3)13(11-15)16(4)12-9-7-5-6-8-10-12/h12-13H,5-11,15H2,1-4H3. The average Bonchev–Trinajstić information content (AvgIpc) is 2.44. The van der Waals surface area contributed by atoms with E-state index >= 15 is 0 Å². The van der Waals surface area contributed by atoms with E-state index in [2.05, 4.69) is 32.7 Å². The van der Waals surface area contributed by atoms with Gasteiger partial charge in [-0.2, -0.15) is 0 Å². The molecule has 1 saturated carbocycles. The summed E-state index contributed by atoms with van der Waals surface area (Å²) in [7, 11) is 2.28. The first-order valence-electron chi connectivity index (χ1n) is 6.89. The predicted molar refractivity (Wildman–Crippen MR) is 71.6 cm³/mol. The van der Waals surface area contributed by atoms with Crippen molar-refractivity contribution in [2.75, 3.05) is 13.6 Å². The van der Waals surface area contributed by atoms with Gasteiger partial charge in [0.1, 0.15) is 0 Å². The second kappa shape index (κ2) is 6.02. The molecule has 2 heteroatoms. The van der Waals surface area contributed by atoms with E-state index in [0.29, 0.717) is 6.04 Å². The van der Waals surface area contributed by atoms with Crippen LogP contribution in [0.2, 0.25) is 0 Å². The van der Waals surface area contributed by atoms with Gasteiger partial charge in [-0.3, -0.25) is 4.90 Å². The van der Waals surface area contributed by atoms with Crippen LogP contribution in [0, 0.1) is 5.41 Å². The minimum Gasteiger partial charge on any atom is -0.329 e. The highest BCUT2D eigenvalue weighted by Gasteiger charge is 2.31. The van der Waals surface area contributed by atoms with Crippen molar-refractivity contribution in [3.05, 3.63) is 0 Å². The Kier molecular flexibility index (Phi) is 5.26. The molecule has 0 saturated heterocycles.